The third-order valence-electron chi connectivity index (χ3n) is 5.80. The van der Waals surface area contributed by atoms with E-state index in [9.17, 15) is 9.59 Å². The lowest BCUT2D eigenvalue weighted by atomic mass is 10.0. The molecule has 3 aromatic rings. The summed E-state index contributed by atoms with van der Waals surface area (Å²) in [5.41, 5.74) is 3.23. The molecule has 0 radical (unpaired) electrons. The molecule has 1 N–H and O–H groups in total. The molecule has 0 saturated heterocycles. The van der Waals surface area contributed by atoms with Crippen molar-refractivity contribution < 1.29 is 25.2 Å². The van der Waals surface area contributed by atoms with Crippen molar-refractivity contribution in [1.82, 2.24) is 4.90 Å². The van der Waals surface area contributed by atoms with E-state index in [1.54, 1.807) is 36.5 Å². The molecule has 0 bridgehead atoms. The molecule has 0 aliphatic rings. The van der Waals surface area contributed by atoms with Gasteiger partial charge in [0.1, 0.15) is 5.75 Å². The number of carbonyl (C=O) groups excluding carboxylic acids is 1. The first-order valence-electron chi connectivity index (χ1n) is 12.2. The summed E-state index contributed by atoms with van der Waals surface area (Å²) < 4.78 is 20.0. The van der Waals surface area contributed by atoms with Crippen LogP contribution in [0, 0.1) is 0 Å². The van der Waals surface area contributed by atoms with Gasteiger partial charge in [-0.2, -0.15) is 0 Å². The van der Waals surface area contributed by atoms with Gasteiger partial charge in [0.15, 0.2) is 0 Å². The Balaban J connectivity index is 1.73. The van der Waals surface area contributed by atoms with Crippen LogP contribution in [-0.2, 0) is 11.3 Å². The molecule has 6 heteroatoms. The summed E-state index contributed by atoms with van der Waals surface area (Å²) in [5.74, 6) is -0.330. The van der Waals surface area contributed by atoms with Crippen LogP contribution in [-0.4, -0.2) is 34.5 Å². The maximum absolute atomic E-state index is 13.5. The number of unbranched alkanes of at least 4 members (excludes halogenated alkanes) is 2. The van der Waals surface area contributed by atoms with Crippen LogP contribution in [0.25, 0.3) is 11.1 Å². The number of amides is 1. The summed E-state index contributed by atoms with van der Waals surface area (Å²) in [6.45, 7) is 4.35. The van der Waals surface area contributed by atoms with E-state index in [1.807, 2.05) is 49.4 Å². The normalized spacial score (nSPS) is 13.1. The van der Waals surface area contributed by atoms with Crippen molar-refractivity contribution in [1.29, 1.82) is 0 Å². The van der Waals surface area contributed by atoms with E-state index in [4.69, 9.17) is 15.6 Å². The van der Waals surface area contributed by atoms with Gasteiger partial charge in [-0.05, 0) is 62.4 Å². The number of nitrogens with zero attached hydrogens (tertiary/aromatic N) is 1. The molecule has 2 aromatic carbocycles. The highest BCUT2D eigenvalue weighted by molar-refractivity contribution is 5.95. The van der Waals surface area contributed by atoms with E-state index >= 15 is 0 Å². The standard InChI is InChI=1S/C28H33NO5/c1-3-21(2)29(28(32)23-14-12-22(13-15-23)25-16-18-33-20-25)19-24-9-6-7-10-26(24)34-17-8-4-5-11-27(30)31/h6-7,9-10,12-16,18,20-21H,3-5,8,11,17,19H2,1-2H3,(H,30,31)/i21D. The van der Waals surface area contributed by atoms with E-state index in [-0.39, 0.29) is 18.9 Å². The van der Waals surface area contributed by atoms with Crippen molar-refractivity contribution in [2.45, 2.75) is 58.5 Å². The second-order valence-electron chi connectivity index (χ2n) is 8.23. The zero-order valence-electron chi connectivity index (χ0n) is 20.8. The minimum atomic E-state index is -1.11. The van der Waals surface area contributed by atoms with Crippen LogP contribution in [0.4, 0.5) is 0 Å². The highest BCUT2D eigenvalue weighted by atomic mass is 16.5. The number of para-hydroxylation sites is 1. The van der Waals surface area contributed by atoms with Gasteiger partial charge in [-0.15, -0.1) is 0 Å². The summed E-state index contributed by atoms with van der Waals surface area (Å²) in [6.07, 6.45) is 6.04. The van der Waals surface area contributed by atoms with Gasteiger partial charge in [0, 0.05) is 35.7 Å². The summed E-state index contributed by atoms with van der Waals surface area (Å²) in [6, 6.07) is 15.6. The molecule has 0 aliphatic carbocycles. The van der Waals surface area contributed by atoms with Crippen LogP contribution in [0.15, 0.2) is 71.5 Å². The Labute approximate surface area is 202 Å². The topological polar surface area (TPSA) is 80.0 Å². The minimum absolute atomic E-state index is 0.163. The number of carbonyl (C=O) groups is 2. The van der Waals surface area contributed by atoms with E-state index in [1.165, 1.54) is 0 Å². The Hall–Kier alpha value is -3.54. The molecule has 1 unspecified atom stereocenters. The quantitative estimate of drug-likeness (QED) is 0.296. The first-order valence-corrected chi connectivity index (χ1v) is 11.7. The highest BCUT2D eigenvalue weighted by Gasteiger charge is 2.22. The SMILES string of the molecule is [2H]C(C)(CC)N(Cc1ccccc1OCCCCCC(=O)O)C(=O)c1ccc(-c2ccoc2)cc1. The molecule has 0 aliphatic heterocycles. The van der Waals surface area contributed by atoms with Gasteiger partial charge < -0.3 is 19.2 Å². The molecule has 6 nitrogen and oxygen atoms in total. The molecule has 1 aromatic heterocycles. The smallest absolute Gasteiger partial charge is 0.303 e. The molecule has 1 heterocycles. The molecule has 1 atom stereocenters. The van der Waals surface area contributed by atoms with E-state index in [2.05, 4.69) is 0 Å². The van der Waals surface area contributed by atoms with Crippen LogP contribution in [0.3, 0.4) is 0 Å². The first-order chi connectivity index (χ1) is 16.8. The summed E-state index contributed by atoms with van der Waals surface area (Å²) in [7, 11) is 0. The van der Waals surface area contributed by atoms with Crippen molar-refractivity contribution in [3.05, 3.63) is 78.3 Å². The Bertz CT molecular complexity index is 1090. The van der Waals surface area contributed by atoms with E-state index < -0.39 is 12.0 Å². The first kappa shape index (κ1) is 23.6. The third-order valence-corrected chi connectivity index (χ3v) is 5.80. The van der Waals surface area contributed by atoms with Gasteiger partial charge in [-0.25, -0.2) is 0 Å². The van der Waals surface area contributed by atoms with Crippen LogP contribution in [0.1, 0.15) is 63.2 Å². The molecule has 3 rings (SSSR count). The number of carboxylic acid groups (broad SMARTS) is 1. The Morgan fingerprint density at radius 1 is 1.06 bits per heavy atom. The Kier molecular flexibility index (Phi) is 8.77. The fourth-order valence-electron chi connectivity index (χ4n) is 3.64. The zero-order chi connectivity index (χ0) is 25.3. The number of aliphatic carboxylic acids is 1. The van der Waals surface area contributed by atoms with Gasteiger partial charge >= 0.3 is 5.97 Å². The predicted octanol–water partition coefficient (Wildman–Crippen LogP) is 6.41. The van der Waals surface area contributed by atoms with Gasteiger partial charge in [-0.1, -0.05) is 37.3 Å². The summed E-state index contributed by atoms with van der Waals surface area (Å²) in [5, 5.41) is 8.76. The number of hydrogen-bond acceptors (Lipinski definition) is 4. The van der Waals surface area contributed by atoms with Crippen molar-refractivity contribution in [3.8, 4) is 16.9 Å². The average molecular weight is 465 g/mol. The van der Waals surface area contributed by atoms with Gasteiger partial charge in [-0.3, -0.25) is 9.59 Å². The van der Waals surface area contributed by atoms with Crippen molar-refractivity contribution in [2.75, 3.05) is 6.61 Å². The maximum atomic E-state index is 13.5. The third kappa shape index (κ3) is 6.98. The summed E-state index contributed by atoms with van der Waals surface area (Å²) in [4.78, 5) is 25.8. The molecule has 0 saturated carbocycles. The lowest BCUT2D eigenvalue weighted by Gasteiger charge is -2.29. The number of rotatable bonds is 13. The minimum Gasteiger partial charge on any atom is -0.493 e. The van der Waals surface area contributed by atoms with Crippen LogP contribution in [0.5, 0.6) is 5.75 Å². The molecule has 180 valence electrons. The number of carboxylic acids is 1. The van der Waals surface area contributed by atoms with E-state index in [0.717, 1.165) is 29.5 Å². The maximum Gasteiger partial charge on any atom is 0.303 e. The fraction of sp³-hybridized carbons (Fsp3) is 0.357. The predicted molar refractivity (Wildman–Crippen MR) is 132 cm³/mol. The van der Waals surface area contributed by atoms with Gasteiger partial charge in [0.05, 0.1) is 20.5 Å². The molecular weight excluding hydrogens is 430 g/mol. The van der Waals surface area contributed by atoms with Gasteiger partial charge in [0.25, 0.3) is 5.91 Å². The average Bonchev–Trinajstić information content (AvgIpc) is 3.40. The Morgan fingerprint density at radius 2 is 1.82 bits per heavy atom. The summed E-state index contributed by atoms with van der Waals surface area (Å²) >= 11 is 0. The Morgan fingerprint density at radius 3 is 2.50 bits per heavy atom. The van der Waals surface area contributed by atoms with Crippen LogP contribution >= 0.6 is 0 Å². The number of benzene rings is 2. The van der Waals surface area contributed by atoms with E-state index in [0.29, 0.717) is 30.8 Å². The highest BCUT2D eigenvalue weighted by Crippen LogP contribution is 2.25. The fourth-order valence-corrected chi connectivity index (χ4v) is 3.64. The number of furan rings is 1. The van der Waals surface area contributed by atoms with Crippen molar-refractivity contribution >= 4 is 11.9 Å². The lowest BCUT2D eigenvalue weighted by molar-refractivity contribution is -0.137. The van der Waals surface area contributed by atoms with Crippen molar-refractivity contribution in [3.63, 3.8) is 0 Å². The number of ether oxygens (including phenoxy) is 1. The zero-order valence-corrected chi connectivity index (χ0v) is 19.8. The largest absolute Gasteiger partial charge is 0.493 e. The lowest BCUT2D eigenvalue weighted by Crippen LogP contribution is -2.37. The molecular formula is C28H33NO5. The second-order valence-corrected chi connectivity index (χ2v) is 8.23. The monoisotopic (exact) mass is 464 g/mol. The second kappa shape index (κ2) is 12.6. The van der Waals surface area contributed by atoms with Crippen LogP contribution < -0.4 is 4.74 Å². The molecule has 0 spiro atoms. The van der Waals surface area contributed by atoms with Gasteiger partial charge in [0.2, 0.25) is 0 Å². The van der Waals surface area contributed by atoms with Crippen molar-refractivity contribution in [2.24, 2.45) is 0 Å². The molecule has 34 heavy (non-hydrogen) atoms. The molecule has 0 fully saturated rings. The number of hydrogen-bond donors (Lipinski definition) is 1. The van der Waals surface area contributed by atoms with Crippen LogP contribution in [0.2, 0.25) is 0 Å². The molecule has 1 amide bonds.